The number of amides is 1. The van der Waals surface area contributed by atoms with Crippen molar-refractivity contribution in [1.29, 1.82) is 0 Å². The molecule has 0 radical (unpaired) electrons. The van der Waals surface area contributed by atoms with E-state index in [1.807, 2.05) is 36.4 Å². The minimum atomic E-state index is -0.815. The number of Topliss-reactive ketones (excluding diaryl/α,β-unsaturated/α-hetero) is 1. The summed E-state index contributed by atoms with van der Waals surface area (Å²) in [5.74, 6) is 0.385. The largest absolute Gasteiger partial charge is 0.507 e. The van der Waals surface area contributed by atoms with Crippen molar-refractivity contribution in [3.8, 4) is 23.0 Å². The van der Waals surface area contributed by atoms with Crippen LogP contribution in [0.1, 0.15) is 36.6 Å². The van der Waals surface area contributed by atoms with Crippen LogP contribution >= 0.6 is 0 Å². The van der Waals surface area contributed by atoms with Crippen LogP contribution in [0.3, 0.4) is 0 Å². The van der Waals surface area contributed by atoms with Gasteiger partial charge in [0.2, 0.25) is 0 Å². The third-order valence-electron chi connectivity index (χ3n) is 7.80. The average molecular weight is 574 g/mol. The van der Waals surface area contributed by atoms with Crippen LogP contribution in [0, 0.1) is 0 Å². The van der Waals surface area contributed by atoms with E-state index in [1.54, 1.807) is 42.3 Å². The maximum absolute atomic E-state index is 13.5. The summed E-state index contributed by atoms with van der Waals surface area (Å²) >= 11 is 0. The fourth-order valence-electron chi connectivity index (χ4n) is 5.39. The summed E-state index contributed by atoms with van der Waals surface area (Å²) in [6, 6.07) is 19.3. The fraction of sp³-hybridized carbons (Fsp3) is 0.333. The van der Waals surface area contributed by atoms with E-state index in [4.69, 9.17) is 18.9 Å². The number of ketones is 1. The molecule has 2 aliphatic rings. The number of carbonyl (C=O) groups is 2. The first-order valence-corrected chi connectivity index (χ1v) is 14.3. The molecule has 0 saturated carbocycles. The highest BCUT2D eigenvalue weighted by Crippen LogP contribution is 2.43. The van der Waals surface area contributed by atoms with Gasteiger partial charge in [0.15, 0.2) is 23.0 Å². The molecule has 9 nitrogen and oxygen atoms in total. The predicted octanol–water partition coefficient (Wildman–Crippen LogP) is 3.39. The number of nitrogens with zero attached hydrogens (tertiary/aromatic N) is 1. The van der Waals surface area contributed by atoms with Crippen molar-refractivity contribution in [2.75, 3.05) is 46.5 Å². The molecule has 1 fully saturated rings. The van der Waals surface area contributed by atoms with Crippen molar-refractivity contribution in [1.82, 2.24) is 4.90 Å². The van der Waals surface area contributed by atoms with E-state index in [9.17, 15) is 14.7 Å². The van der Waals surface area contributed by atoms with E-state index >= 15 is 0 Å². The summed E-state index contributed by atoms with van der Waals surface area (Å²) in [7, 11) is 1.55. The van der Waals surface area contributed by atoms with Gasteiger partial charge < -0.3 is 33.9 Å². The van der Waals surface area contributed by atoms with Gasteiger partial charge in [0.05, 0.1) is 44.9 Å². The first kappa shape index (κ1) is 29.0. The molecule has 0 unspecified atom stereocenters. The number of ether oxygens (including phenoxy) is 4. The second-order valence-corrected chi connectivity index (χ2v) is 10.2. The van der Waals surface area contributed by atoms with E-state index in [-0.39, 0.29) is 11.3 Å². The third kappa shape index (κ3) is 5.92. The Morgan fingerprint density at radius 1 is 0.952 bits per heavy atom. The Kier molecular flexibility index (Phi) is 8.97. The second kappa shape index (κ2) is 13.0. The van der Waals surface area contributed by atoms with Crippen LogP contribution in [-0.2, 0) is 16.2 Å². The van der Waals surface area contributed by atoms with Gasteiger partial charge in [0.25, 0.3) is 11.7 Å². The maximum Gasteiger partial charge on any atom is 0.295 e. The van der Waals surface area contributed by atoms with Gasteiger partial charge in [-0.2, -0.15) is 0 Å². The summed E-state index contributed by atoms with van der Waals surface area (Å²) in [6.45, 7) is 8.14. The third-order valence-corrected chi connectivity index (χ3v) is 7.80. The number of rotatable bonds is 11. The quantitative estimate of drug-likeness (QED) is 0.206. The van der Waals surface area contributed by atoms with Crippen LogP contribution in [0.4, 0.5) is 0 Å². The Morgan fingerprint density at radius 3 is 2.40 bits per heavy atom. The SMILES string of the molecule is CC[NH+](CC)CCN1C(=O)C(=O)C(=C(O)c2ccc3c(c2)OCCO3)[C@H]1c1ccc(OCc2ccccc2)c(OC)c1. The molecule has 3 aromatic carbocycles. The van der Waals surface area contributed by atoms with Gasteiger partial charge >= 0.3 is 0 Å². The van der Waals surface area contributed by atoms with Crippen molar-refractivity contribution < 1.29 is 38.5 Å². The number of aliphatic hydroxyl groups is 1. The normalized spacial score (nSPS) is 17.5. The molecule has 2 heterocycles. The average Bonchev–Trinajstić information content (AvgIpc) is 3.29. The molecule has 1 atom stereocenters. The zero-order chi connectivity index (χ0) is 29.6. The minimum absolute atomic E-state index is 0.0197. The van der Waals surface area contributed by atoms with Gasteiger partial charge in [0.1, 0.15) is 25.6 Å². The number of hydrogen-bond acceptors (Lipinski definition) is 7. The smallest absolute Gasteiger partial charge is 0.295 e. The van der Waals surface area contributed by atoms with E-state index in [0.29, 0.717) is 67.0 Å². The summed E-state index contributed by atoms with van der Waals surface area (Å²) in [5, 5.41) is 11.5. The molecule has 2 aliphatic heterocycles. The Bertz CT molecular complexity index is 1470. The highest BCUT2D eigenvalue weighted by Gasteiger charge is 2.46. The lowest BCUT2D eigenvalue weighted by Gasteiger charge is -2.27. The van der Waals surface area contributed by atoms with Gasteiger partial charge in [-0.1, -0.05) is 36.4 Å². The fourth-order valence-corrected chi connectivity index (χ4v) is 5.39. The van der Waals surface area contributed by atoms with Crippen LogP contribution in [0.25, 0.3) is 5.76 Å². The molecular formula is C33H37N2O7+. The van der Waals surface area contributed by atoms with Crippen LogP contribution in [0.15, 0.2) is 72.3 Å². The van der Waals surface area contributed by atoms with Gasteiger partial charge in [-0.05, 0) is 55.3 Å². The number of fused-ring (bicyclic) bond motifs is 1. The zero-order valence-corrected chi connectivity index (χ0v) is 24.2. The molecule has 1 amide bonds. The van der Waals surface area contributed by atoms with E-state index in [2.05, 4.69) is 13.8 Å². The Hall–Kier alpha value is -4.50. The minimum Gasteiger partial charge on any atom is -0.507 e. The molecule has 0 aromatic heterocycles. The number of methoxy groups -OCH3 is 1. The first-order valence-electron chi connectivity index (χ1n) is 14.3. The van der Waals surface area contributed by atoms with Crippen LogP contribution in [0.2, 0.25) is 0 Å². The lowest BCUT2D eigenvalue weighted by molar-refractivity contribution is -0.895. The van der Waals surface area contributed by atoms with Gasteiger partial charge in [0, 0.05) is 5.56 Å². The molecule has 3 aromatic rings. The molecule has 5 rings (SSSR count). The molecule has 0 spiro atoms. The number of hydrogen-bond donors (Lipinski definition) is 2. The highest BCUT2D eigenvalue weighted by molar-refractivity contribution is 6.46. The van der Waals surface area contributed by atoms with Crippen molar-refractivity contribution in [3.05, 3.63) is 89.0 Å². The summed E-state index contributed by atoms with van der Waals surface area (Å²) in [6.07, 6.45) is 0. The standard InChI is InChI=1S/C33H36N2O7/c1-4-34(5-2)15-16-35-30(23-11-13-25(27(19-23)39-3)42-21-22-9-7-6-8-10-22)29(32(37)33(35)38)31(36)24-12-14-26-28(20-24)41-18-17-40-26/h6-14,19-20,30,36H,4-5,15-18,21H2,1-3H3/p+1/t30-/m1/s1. The summed E-state index contributed by atoms with van der Waals surface area (Å²) in [4.78, 5) is 29.8. The van der Waals surface area contributed by atoms with E-state index in [0.717, 1.165) is 18.7 Å². The van der Waals surface area contributed by atoms with E-state index in [1.165, 1.54) is 4.90 Å². The lowest BCUT2D eigenvalue weighted by atomic mass is 9.94. The molecule has 42 heavy (non-hydrogen) atoms. The van der Waals surface area contributed by atoms with Gasteiger partial charge in [-0.25, -0.2) is 0 Å². The van der Waals surface area contributed by atoms with Crippen molar-refractivity contribution >= 4 is 17.4 Å². The van der Waals surface area contributed by atoms with Gasteiger partial charge in [-0.3, -0.25) is 9.59 Å². The van der Waals surface area contributed by atoms with Crippen molar-refractivity contribution in [2.45, 2.75) is 26.5 Å². The lowest BCUT2D eigenvalue weighted by Crippen LogP contribution is -3.12. The number of quaternary nitrogens is 1. The number of carbonyl (C=O) groups excluding carboxylic acids is 2. The molecule has 0 aliphatic carbocycles. The van der Waals surface area contributed by atoms with Gasteiger partial charge in [-0.15, -0.1) is 0 Å². The molecule has 9 heteroatoms. The molecule has 2 N–H and O–H groups in total. The molecular weight excluding hydrogens is 536 g/mol. The van der Waals surface area contributed by atoms with Crippen molar-refractivity contribution in [2.24, 2.45) is 0 Å². The number of aliphatic hydroxyl groups excluding tert-OH is 1. The topological polar surface area (TPSA) is 99.0 Å². The summed E-state index contributed by atoms with van der Waals surface area (Å²) < 4.78 is 23.0. The molecule has 220 valence electrons. The number of likely N-dealkylation sites (N-methyl/N-ethyl adjacent to an activating group) is 1. The van der Waals surface area contributed by atoms with E-state index < -0.39 is 17.7 Å². The molecule has 0 bridgehead atoms. The Balaban J connectivity index is 1.54. The predicted molar refractivity (Wildman–Crippen MR) is 157 cm³/mol. The highest BCUT2D eigenvalue weighted by atomic mass is 16.6. The van der Waals surface area contributed by atoms with Crippen molar-refractivity contribution in [3.63, 3.8) is 0 Å². The summed E-state index contributed by atoms with van der Waals surface area (Å²) in [5.41, 5.74) is 2.03. The number of benzene rings is 3. The first-order chi connectivity index (χ1) is 20.4. The Morgan fingerprint density at radius 2 is 1.69 bits per heavy atom. The molecule has 1 saturated heterocycles. The van der Waals surface area contributed by atoms with Crippen LogP contribution in [0.5, 0.6) is 23.0 Å². The monoisotopic (exact) mass is 573 g/mol. The van der Waals surface area contributed by atoms with Crippen LogP contribution in [-0.4, -0.2) is 68.2 Å². The Labute approximate surface area is 245 Å². The van der Waals surface area contributed by atoms with Crippen LogP contribution < -0.4 is 23.8 Å². The number of nitrogens with one attached hydrogen (secondary N) is 1. The zero-order valence-electron chi connectivity index (χ0n) is 24.2. The number of likely N-dealkylation sites (tertiary alicyclic amines) is 1. The second-order valence-electron chi connectivity index (χ2n) is 10.2. The maximum atomic E-state index is 13.5.